The molecule has 1 aliphatic carbocycles. The Kier molecular flexibility index (Phi) is 3.91. The molecule has 0 radical (unpaired) electrons. The summed E-state index contributed by atoms with van der Waals surface area (Å²) < 4.78 is 0. The molecule has 0 saturated heterocycles. The van der Waals surface area contributed by atoms with Crippen LogP contribution in [0.2, 0.25) is 0 Å². The molecule has 3 nitrogen and oxygen atoms in total. The van der Waals surface area contributed by atoms with E-state index in [1.54, 1.807) is 6.07 Å². The summed E-state index contributed by atoms with van der Waals surface area (Å²) in [5, 5.41) is 2.22. The summed E-state index contributed by atoms with van der Waals surface area (Å²) >= 11 is 0. The largest absolute Gasteiger partial charge is 0.295 e. The first-order chi connectivity index (χ1) is 8.33. The second-order valence-electron chi connectivity index (χ2n) is 4.51. The number of amides is 2. The molecular weight excluding hydrogens is 214 g/mol. The lowest BCUT2D eigenvalue weighted by Gasteiger charge is -2.23. The van der Waals surface area contributed by atoms with Crippen molar-refractivity contribution in [1.82, 2.24) is 5.32 Å². The third kappa shape index (κ3) is 2.73. The van der Waals surface area contributed by atoms with Crippen LogP contribution >= 0.6 is 0 Å². The minimum absolute atomic E-state index is 0.291. The SMILES string of the molecule is O=CNC(=O)c1ccccc1C1CCCCC1. The summed E-state index contributed by atoms with van der Waals surface area (Å²) in [6.07, 6.45) is 6.48. The molecule has 0 aromatic heterocycles. The first kappa shape index (κ1) is 11.8. The Morgan fingerprint density at radius 3 is 2.59 bits per heavy atom. The average Bonchev–Trinajstić information content (AvgIpc) is 2.40. The van der Waals surface area contributed by atoms with Crippen LogP contribution in [0, 0.1) is 0 Å². The predicted molar refractivity (Wildman–Crippen MR) is 65.8 cm³/mol. The summed E-state index contributed by atoms with van der Waals surface area (Å²) in [5.41, 5.74) is 1.73. The highest BCUT2D eigenvalue weighted by molar-refractivity contribution is 6.01. The fourth-order valence-electron chi connectivity index (χ4n) is 2.60. The van der Waals surface area contributed by atoms with Crippen LogP contribution in [0.3, 0.4) is 0 Å². The lowest BCUT2D eigenvalue weighted by atomic mass is 9.82. The van der Waals surface area contributed by atoms with Gasteiger partial charge in [-0.25, -0.2) is 0 Å². The second-order valence-corrected chi connectivity index (χ2v) is 4.51. The number of benzene rings is 1. The van der Waals surface area contributed by atoms with Crippen LogP contribution in [0.1, 0.15) is 53.9 Å². The Morgan fingerprint density at radius 1 is 1.18 bits per heavy atom. The zero-order chi connectivity index (χ0) is 12.1. The maximum Gasteiger partial charge on any atom is 0.257 e. The summed E-state index contributed by atoms with van der Waals surface area (Å²) in [5.74, 6) is 0.179. The van der Waals surface area contributed by atoms with Crippen molar-refractivity contribution in [3.63, 3.8) is 0 Å². The second kappa shape index (κ2) is 5.62. The van der Waals surface area contributed by atoms with E-state index < -0.39 is 0 Å². The number of imide groups is 1. The fourth-order valence-corrected chi connectivity index (χ4v) is 2.60. The highest BCUT2D eigenvalue weighted by Gasteiger charge is 2.20. The zero-order valence-electron chi connectivity index (χ0n) is 9.82. The zero-order valence-corrected chi connectivity index (χ0v) is 9.82. The molecule has 0 spiro atoms. The van der Waals surface area contributed by atoms with Crippen LogP contribution < -0.4 is 5.32 Å². The molecule has 0 unspecified atom stereocenters. The molecule has 0 heterocycles. The fraction of sp³-hybridized carbons (Fsp3) is 0.429. The van der Waals surface area contributed by atoms with Crippen molar-refractivity contribution in [2.24, 2.45) is 0 Å². The molecule has 1 aromatic rings. The Bertz CT molecular complexity index is 408. The van der Waals surface area contributed by atoms with Crippen molar-refractivity contribution in [2.45, 2.75) is 38.0 Å². The Morgan fingerprint density at radius 2 is 1.88 bits per heavy atom. The summed E-state index contributed by atoms with van der Waals surface area (Å²) in [7, 11) is 0. The van der Waals surface area contributed by atoms with Crippen molar-refractivity contribution < 1.29 is 9.59 Å². The van der Waals surface area contributed by atoms with Gasteiger partial charge in [-0.2, -0.15) is 0 Å². The van der Waals surface area contributed by atoms with Crippen LogP contribution in [0.25, 0.3) is 0 Å². The first-order valence-electron chi connectivity index (χ1n) is 6.16. The maximum atomic E-state index is 11.8. The monoisotopic (exact) mass is 231 g/mol. The number of rotatable bonds is 3. The highest BCUT2D eigenvalue weighted by Crippen LogP contribution is 2.34. The molecule has 0 bridgehead atoms. The van der Waals surface area contributed by atoms with E-state index in [0.29, 0.717) is 17.9 Å². The Hall–Kier alpha value is -1.64. The van der Waals surface area contributed by atoms with Gasteiger partial charge in [-0.3, -0.25) is 14.9 Å². The molecule has 90 valence electrons. The van der Waals surface area contributed by atoms with Gasteiger partial charge in [-0.05, 0) is 30.4 Å². The van der Waals surface area contributed by atoms with E-state index in [1.165, 1.54) is 19.3 Å². The van der Waals surface area contributed by atoms with E-state index in [0.717, 1.165) is 18.4 Å². The Labute approximate surface area is 101 Å². The highest BCUT2D eigenvalue weighted by atomic mass is 16.2. The molecule has 1 saturated carbocycles. The lowest BCUT2D eigenvalue weighted by Crippen LogP contribution is -2.23. The molecule has 2 rings (SSSR count). The molecule has 1 aliphatic rings. The topological polar surface area (TPSA) is 46.2 Å². The van der Waals surface area contributed by atoms with Crippen LogP contribution in [-0.2, 0) is 4.79 Å². The molecule has 3 heteroatoms. The van der Waals surface area contributed by atoms with Gasteiger partial charge in [0.25, 0.3) is 5.91 Å². The van der Waals surface area contributed by atoms with E-state index in [4.69, 9.17) is 0 Å². The van der Waals surface area contributed by atoms with Crippen molar-refractivity contribution in [3.05, 3.63) is 35.4 Å². The number of hydrogen-bond acceptors (Lipinski definition) is 2. The summed E-state index contributed by atoms with van der Waals surface area (Å²) in [6.45, 7) is 0. The van der Waals surface area contributed by atoms with E-state index in [1.807, 2.05) is 18.2 Å². The quantitative estimate of drug-likeness (QED) is 0.813. The van der Waals surface area contributed by atoms with Crippen LogP contribution in [0.4, 0.5) is 0 Å². The number of carbonyl (C=O) groups is 2. The van der Waals surface area contributed by atoms with Gasteiger partial charge in [-0.15, -0.1) is 0 Å². The van der Waals surface area contributed by atoms with Gasteiger partial charge >= 0.3 is 0 Å². The van der Waals surface area contributed by atoms with E-state index in [2.05, 4.69) is 5.32 Å². The minimum atomic E-state index is -0.291. The molecule has 0 aliphatic heterocycles. The Balaban J connectivity index is 2.25. The number of hydrogen-bond donors (Lipinski definition) is 1. The van der Waals surface area contributed by atoms with E-state index in [-0.39, 0.29) is 5.91 Å². The summed E-state index contributed by atoms with van der Waals surface area (Å²) in [6, 6.07) is 7.60. The molecule has 1 fully saturated rings. The van der Waals surface area contributed by atoms with Crippen LogP contribution in [0.5, 0.6) is 0 Å². The minimum Gasteiger partial charge on any atom is -0.295 e. The predicted octanol–water partition coefficient (Wildman–Crippen LogP) is 2.62. The number of nitrogens with one attached hydrogen (secondary N) is 1. The van der Waals surface area contributed by atoms with Crippen LogP contribution in [-0.4, -0.2) is 12.3 Å². The maximum absolute atomic E-state index is 11.8. The molecule has 1 N–H and O–H groups in total. The molecule has 2 amide bonds. The van der Waals surface area contributed by atoms with Crippen molar-refractivity contribution >= 4 is 12.3 Å². The van der Waals surface area contributed by atoms with Crippen LogP contribution in [0.15, 0.2) is 24.3 Å². The van der Waals surface area contributed by atoms with Crippen molar-refractivity contribution in [2.75, 3.05) is 0 Å². The standard InChI is InChI=1S/C14H17NO2/c16-10-15-14(17)13-9-5-4-8-12(13)11-6-2-1-3-7-11/h4-5,8-11H,1-3,6-7H2,(H,15,16,17). The van der Waals surface area contributed by atoms with Crippen molar-refractivity contribution in [1.29, 1.82) is 0 Å². The number of carbonyl (C=O) groups excluding carboxylic acids is 2. The first-order valence-corrected chi connectivity index (χ1v) is 6.16. The molecule has 1 aromatic carbocycles. The van der Waals surface area contributed by atoms with Gasteiger partial charge < -0.3 is 0 Å². The molecular formula is C14H17NO2. The lowest BCUT2D eigenvalue weighted by molar-refractivity contribution is -0.108. The summed E-state index contributed by atoms with van der Waals surface area (Å²) in [4.78, 5) is 22.1. The smallest absolute Gasteiger partial charge is 0.257 e. The van der Waals surface area contributed by atoms with Gasteiger partial charge in [0.2, 0.25) is 6.41 Å². The van der Waals surface area contributed by atoms with Gasteiger partial charge in [0, 0.05) is 5.56 Å². The van der Waals surface area contributed by atoms with Crippen molar-refractivity contribution in [3.8, 4) is 0 Å². The average molecular weight is 231 g/mol. The normalized spacial score (nSPS) is 16.5. The third-order valence-electron chi connectivity index (χ3n) is 3.44. The van der Waals surface area contributed by atoms with Gasteiger partial charge in [0.1, 0.15) is 0 Å². The van der Waals surface area contributed by atoms with E-state index in [9.17, 15) is 9.59 Å². The molecule has 17 heavy (non-hydrogen) atoms. The van der Waals surface area contributed by atoms with Gasteiger partial charge in [0.05, 0.1) is 0 Å². The van der Waals surface area contributed by atoms with Gasteiger partial charge in [0.15, 0.2) is 0 Å². The third-order valence-corrected chi connectivity index (χ3v) is 3.44. The van der Waals surface area contributed by atoms with Gasteiger partial charge in [-0.1, -0.05) is 37.5 Å². The molecule has 0 atom stereocenters. The van der Waals surface area contributed by atoms with E-state index >= 15 is 0 Å².